The van der Waals surface area contributed by atoms with Gasteiger partial charge in [0.05, 0.1) is 0 Å². The van der Waals surface area contributed by atoms with Crippen molar-refractivity contribution in [1.82, 2.24) is 0 Å². The highest BCUT2D eigenvalue weighted by Crippen LogP contribution is 2.31. The van der Waals surface area contributed by atoms with E-state index in [0.29, 0.717) is 9.79 Å². The molecular formula is C13H9F4NO2S2. The van der Waals surface area contributed by atoms with Gasteiger partial charge < -0.3 is 0 Å². The fourth-order valence-electron chi connectivity index (χ4n) is 1.50. The SMILES string of the molecule is O=S(=O)(Nc1cccc(Sc2cccc(F)c2)c1)C(F)(F)F. The van der Waals surface area contributed by atoms with E-state index in [4.69, 9.17) is 0 Å². The Balaban J connectivity index is 2.21. The summed E-state index contributed by atoms with van der Waals surface area (Å²) in [6.45, 7) is 0. The number of anilines is 1. The second-order valence-electron chi connectivity index (χ2n) is 4.14. The lowest BCUT2D eigenvalue weighted by Crippen LogP contribution is -2.29. The van der Waals surface area contributed by atoms with Crippen LogP contribution in [-0.4, -0.2) is 13.9 Å². The van der Waals surface area contributed by atoms with Crippen LogP contribution < -0.4 is 4.72 Å². The summed E-state index contributed by atoms with van der Waals surface area (Å²) in [5.41, 5.74) is -5.61. The third-order valence-electron chi connectivity index (χ3n) is 2.42. The van der Waals surface area contributed by atoms with Crippen LogP contribution in [0.25, 0.3) is 0 Å². The first-order valence-electron chi connectivity index (χ1n) is 5.80. The molecule has 0 atom stereocenters. The van der Waals surface area contributed by atoms with Crippen LogP contribution in [0.1, 0.15) is 0 Å². The highest BCUT2D eigenvalue weighted by molar-refractivity contribution is 7.99. The van der Waals surface area contributed by atoms with E-state index in [1.807, 2.05) is 0 Å². The van der Waals surface area contributed by atoms with E-state index in [2.05, 4.69) is 0 Å². The van der Waals surface area contributed by atoms with Crippen molar-refractivity contribution in [1.29, 1.82) is 0 Å². The van der Waals surface area contributed by atoms with Gasteiger partial charge in [0.2, 0.25) is 0 Å². The van der Waals surface area contributed by atoms with Gasteiger partial charge in [-0.1, -0.05) is 23.9 Å². The molecule has 0 saturated carbocycles. The lowest BCUT2D eigenvalue weighted by Gasteiger charge is -2.11. The van der Waals surface area contributed by atoms with Gasteiger partial charge in [-0.15, -0.1) is 0 Å². The van der Waals surface area contributed by atoms with Gasteiger partial charge >= 0.3 is 15.5 Å². The van der Waals surface area contributed by atoms with Crippen molar-refractivity contribution >= 4 is 27.5 Å². The first-order valence-corrected chi connectivity index (χ1v) is 8.10. The molecule has 0 aromatic heterocycles. The van der Waals surface area contributed by atoms with Crippen LogP contribution in [0.3, 0.4) is 0 Å². The van der Waals surface area contributed by atoms with E-state index in [1.54, 1.807) is 12.1 Å². The van der Waals surface area contributed by atoms with E-state index < -0.39 is 21.3 Å². The zero-order valence-electron chi connectivity index (χ0n) is 10.8. The maximum atomic E-state index is 13.1. The predicted molar refractivity (Wildman–Crippen MR) is 75.6 cm³/mol. The molecule has 2 rings (SSSR count). The van der Waals surface area contributed by atoms with E-state index >= 15 is 0 Å². The quantitative estimate of drug-likeness (QED) is 0.838. The summed E-state index contributed by atoms with van der Waals surface area (Å²) in [6, 6.07) is 11.0. The van der Waals surface area contributed by atoms with Crippen molar-refractivity contribution in [3.63, 3.8) is 0 Å². The largest absolute Gasteiger partial charge is 0.516 e. The highest BCUT2D eigenvalue weighted by Gasteiger charge is 2.46. The standard InChI is InChI=1S/C13H9F4NO2S2/c14-9-3-1-5-11(7-9)21-12-6-2-4-10(8-12)18-22(19,20)13(15,16)17/h1-8,18H. The summed E-state index contributed by atoms with van der Waals surface area (Å²) in [7, 11) is -5.47. The molecule has 118 valence electrons. The van der Waals surface area contributed by atoms with Gasteiger partial charge in [-0.3, -0.25) is 4.72 Å². The molecule has 0 spiro atoms. The Hall–Kier alpha value is -1.74. The van der Waals surface area contributed by atoms with E-state index in [-0.39, 0.29) is 5.69 Å². The highest BCUT2D eigenvalue weighted by atomic mass is 32.2. The topological polar surface area (TPSA) is 46.2 Å². The number of rotatable bonds is 4. The van der Waals surface area contributed by atoms with Gasteiger partial charge in [-0.25, -0.2) is 4.39 Å². The zero-order chi connectivity index (χ0) is 16.4. The van der Waals surface area contributed by atoms with Crippen molar-refractivity contribution < 1.29 is 26.0 Å². The van der Waals surface area contributed by atoms with E-state index in [9.17, 15) is 26.0 Å². The van der Waals surface area contributed by atoms with E-state index in [0.717, 1.165) is 11.8 Å². The molecule has 0 aliphatic carbocycles. The summed E-state index contributed by atoms with van der Waals surface area (Å²) in [5, 5.41) is 0. The Morgan fingerprint density at radius 3 is 2.14 bits per heavy atom. The van der Waals surface area contributed by atoms with Crippen LogP contribution >= 0.6 is 11.8 Å². The van der Waals surface area contributed by atoms with Gasteiger partial charge in [-0.05, 0) is 36.4 Å². The Morgan fingerprint density at radius 2 is 1.55 bits per heavy atom. The second-order valence-corrected chi connectivity index (χ2v) is 6.96. The molecule has 22 heavy (non-hydrogen) atoms. The molecule has 0 aliphatic heterocycles. The minimum atomic E-state index is -5.47. The zero-order valence-corrected chi connectivity index (χ0v) is 12.4. The normalized spacial score (nSPS) is 12.2. The molecule has 0 radical (unpaired) electrons. The van der Waals surface area contributed by atoms with Crippen LogP contribution in [0.4, 0.5) is 23.2 Å². The minimum Gasteiger partial charge on any atom is -0.276 e. The summed E-state index contributed by atoms with van der Waals surface area (Å²) in [5.74, 6) is -0.445. The number of alkyl halides is 3. The van der Waals surface area contributed by atoms with Crippen molar-refractivity contribution in [2.45, 2.75) is 15.3 Å². The molecule has 2 aromatic rings. The average Bonchev–Trinajstić information content (AvgIpc) is 2.37. The summed E-state index contributed by atoms with van der Waals surface area (Å²) in [4.78, 5) is 1.00. The molecule has 0 fully saturated rings. The molecule has 0 amide bonds. The Labute approximate surface area is 128 Å². The van der Waals surface area contributed by atoms with Gasteiger partial charge in [-0.2, -0.15) is 21.6 Å². The van der Waals surface area contributed by atoms with Crippen molar-refractivity contribution in [2.75, 3.05) is 4.72 Å². The lowest BCUT2D eigenvalue weighted by molar-refractivity contribution is -0.0429. The Morgan fingerprint density at radius 1 is 0.955 bits per heavy atom. The van der Waals surface area contributed by atoms with Crippen LogP contribution in [0.5, 0.6) is 0 Å². The molecule has 2 aromatic carbocycles. The van der Waals surface area contributed by atoms with Crippen LogP contribution in [-0.2, 0) is 10.0 Å². The molecule has 0 bridgehead atoms. The first-order chi connectivity index (χ1) is 10.2. The Kier molecular flexibility index (Phi) is 4.66. The van der Waals surface area contributed by atoms with Crippen molar-refractivity contribution in [3.05, 3.63) is 54.3 Å². The third kappa shape index (κ3) is 4.14. The lowest BCUT2D eigenvalue weighted by atomic mass is 10.3. The average molecular weight is 351 g/mol. The molecular weight excluding hydrogens is 342 g/mol. The Bertz CT molecular complexity index is 776. The maximum Gasteiger partial charge on any atom is 0.516 e. The van der Waals surface area contributed by atoms with Crippen LogP contribution in [0, 0.1) is 5.82 Å². The summed E-state index contributed by atoms with van der Waals surface area (Å²) < 4.78 is 73.6. The van der Waals surface area contributed by atoms with E-state index in [1.165, 1.54) is 41.1 Å². The number of sulfonamides is 1. The molecule has 0 aliphatic rings. The molecule has 3 nitrogen and oxygen atoms in total. The van der Waals surface area contributed by atoms with Gasteiger partial charge in [0.15, 0.2) is 0 Å². The van der Waals surface area contributed by atoms with Gasteiger partial charge in [0, 0.05) is 15.5 Å². The van der Waals surface area contributed by atoms with Crippen molar-refractivity contribution in [3.8, 4) is 0 Å². The second kappa shape index (κ2) is 6.17. The van der Waals surface area contributed by atoms with Crippen molar-refractivity contribution in [2.24, 2.45) is 0 Å². The number of hydrogen-bond donors (Lipinski definition) is 1. The number of benzene rings is 2. The van der Waals surface area contributed by atoms with Crippen LogP contribution in [0.2, 0.25) is 0 Å². The summed E-state index contributed by atoms with van der Waals surface area (Å²) in [6.07, 6.45) is 0. The summed E-state index contributed by atoms with van der Waals surface area (Å²) >= 11 is 1.09. The monoisotopic (exact) mass is 351 g/mol. The molecule has 0 unspecified atom stereocenters. The van der Waals surface area contributed by atoms with Crippen LogP contribution in [0.15, 0.2) is 58.3 Å². The smallest absolute Gasteiger partial charge is 0.276 e. The molecule has 1 N–H and O–H groups in total. The first kappa shape index (κ1) is 16.6. The maximum absolute atomic E-state index is 13.1. The molecule has 0 saturated heterocycles. The predicted octanol–water partition coefficient (Wildman–Crippen LogP) is 4.24. The minimum absolute atomic E-state index is 0.223. The number of nitrogens with one attached hydrogen (secondary N) is 1. The molecule has 0 heterocycles. The number of hydrogen-bond acceptors (Lipinski definition) is 3. The number of halogens is 4. The molecule has 9 heteroatoms. The fraction of sp³-hybridized carbons (Fsp3) is 0.0769. The third-order valence-corrected chi connectivity index (χ3v) is 4.52. The van der Waals surface area contributed by atoms with Gasteiger partial charge in [0.1, 0.15) is 5.82 Å². The fourth-order valence-corrected chi connectivity index (χ4v) is 2.98. The van der Waals surface area contributed by atoms with Gasteiger partial charge in [0.25, 0.3) is 0 Å².